The topological polar surface area (TPSA) is 47.0 Å². The van der Waals surface area contributed by atoms with Gasteiger partial charge in [0.15, 0.2) is 0 Å². The van der Waals surface area contributed by atoms with Gasteiger partial charge in [0.2, 0.25) is 0 Å². The maximum absolute atomic E-state index is 13.6. The molecule has 0 aliphatic rings. The van der Waals surface area contributed by atoms with E-state index in [0.29, 0.717) is 5.56 Å². The summed E-state index contributed by atoms with van der Waals surface area (Å²) in [5.41, 5.74) is 5.40. The maximum Gasteiger partial charge on any atom is 0.259 e. The van der Waals surface area contributed by atoms with E-state index >= 15 is 0 Å². The Bertz CT molecular complexity index is 1410. The summed E-state index contributed by atoms with van der Waals surface area (Å²) in [6, 6.07) is 24.0. The van der Waals surface area contributed by atoms with Gasteiger partial charge < -0.3 is 14.3 Å². The van der Waals surface area contributed by atoms with Crippen molar-refractivity contribution in [2.24, 2.45) is 7.05 Å². The lowest BCUT2D eigenvalue weighted by Gasteiger charge is -2.16. The van der Waals surface area contributed by atoms with Gasteiger partial charge >= 0.3 is 0 Å². The summed E-state index contributed by atoms with van der Waals surface area (Å²) in [7, 11) is 3.48. The number of aryl methyl sites for hydroxylation is 1. The molecule has 1 N–H and O–H groups in total. The van der Waals surface area contributed by atoms with Gasteiger partial charge in [0.1, 0.15) is 5.75 Å². The van der Waals surface area contributed by atoms with E-state index in [4.69, 9.17) is 4.74 Å². The Balaban J connectivity index is 1.97. The van der Waals surface area contributed by atoms with Crippen LogP contribution in [0.5, 0.6) is 5.75 Å². The van der Waals surface area contributed by atoms with E-state index in [-0.39, 0.29) is 5.56 Å². The Morgan fingerprint density at radius 1 is 0.862 bits per heavy atom. The summed E-state index contributed by atoms with van der Waals surface area (Å²) >= 11 is 0. The molecule has 2 aromatic heterocycles. The predicted octanol–water partition coefficient (Wildman–Crippen LogP) is 5.36. The highest BCUT2D eigenvalue weighted by Gasteiger charge is 2.20. The zero-order valence-electron chi connectivity index (χ0n) is 16.3. The van der Waals surface area contributed by atoms with Crippen LogP contribution < -0.4 is 10.3 Å². The molecule has 0 fully saturated rings. The van der Waals surface area contributed by atoms with E-state index in [1.54, 1.807) is 11.7 Å². The minimum absolute atomic E-state index is 0.0220. The van der Waals surface area contributed by atoms with Gasteiger partial charge in [0, 0.05) is 40.7 Å². The quantitative estimate of drug-likeness (QED) is 0.458. The average molecular weight is 380 g/mol. The van der Waals surface area contributed by atoms with Gasteiger partial charge in [-0.3, -0.25) is 4.79 Å². The maximum atomic E-state index is 13.6. The fraction of sp³-hybridized carbons (Fsp3) is 0.0800. The zero-order valence-corrected chi connectivity index (χ0v) is 16.3. The zero-order chi connectivity index (χ0) is 20.0. The lowest BCUT2D eigenvalue weighted by atomic mass is 9.92. The summed E-state index contributed by atoms with van der Waals surface area (Å²) in [6.45, 7) is 0. The first-order valence-electron chi connectivity index (χ1n) is 9.51. The molecule has 29 heavy (non-hydrogen) atoms. The third kappa shape index (κ3) is 2.64. The number of benzene rings is 3. The molecule has 3 aromatic carbocycles. The highest BCUT2D eigenvalue weighted by molar-refractivity contribution is 6.07. The van der Waals surface area contributed by atoms with Crippen LogP contribution in [-0.4, -0.2) is 16.7 Å². The van der Waals surface area contributed by atoms with E-state index in [1.807, 2.05) is 67.8 Å². The second kappa shape index (κ2) is 6.67. The van der Waals surface area contributed by atoms with Crippen LogP contribution >= 0.6 is 0 Å². The molecule has 0 bridgehead atoms. The molecule has 0 spiro atoms. The minimum atomic E-state index is -0.0220. The van der Waals surface area contributed by atoms with Crippen LogP contribution in [0.15, 0.2) is 83.8 Å². The number of fused-ring (bicyclic) bond motifs is 2. The minimum Gasteiger partial charge on any atom is -0.497 e. The molecule has 0 amide bonds. The molecule has 0 saturated carbocycles. The molecule has 0 radical (unpaired) electrons. The van der Waals surface area contributed by atoms with Gasteiger partial charge in [0.05, 0.1) is 18.2 Å². The molecule has 5 rings (SSSR count). The van der Waals surface area contributed by atoms with E-state index < -0.39 is 0 Å². The number of nitrogens with one attached hydrogen (secondary N) is 1. The molecule has 4 heteroatoms. The molecule has 0 aliphatic carbocycles. The van der Waals surface area contributed by atoms with Crippen LogP contribution in [0.1, 0.15) is 0 Å². The number of ether oxygens (including phenoxy) is 1. The Labute approximate surface area is 168 Å². The number of methoxy groups -OCH3 is 1. The van der Waals surface area contributed by atoms with Crippen molar-refractivity contribution in [3.63, 3.8) is 0 Å². The Morgan fingerprint density at radius 2 is 1.62 bits per heavy atom. The van der Waals surface area contributed by atoms with Crippen LogP contribution in [0, 0.1) is 0 Å². The van der Waals surface area contributed by atoms with Crippen molar-refractivity contribution in [1.82, 2.24) is 9.55 Å². The number of hydrogen-bond donors (Lipinski definition) is 1. The molecule has 4 nitrogen and oxygen atoms in total. The number of para-hydroxylation sites is 1. The van der Waals surface area contributed by atoms with Gasteiger partial charge in [-0.2, -0.15) is 0 Å². The van der Waals surface area contributed by atoms with Gasteiger partial charge in [-0.1, -0.05) is 48.5 Å². The smallest absolute Gasteiger partial charge is 0.259 e. The van der Waals surface area contributed by atoms with Gasteiger partial charge in [-0.15, -0.1) is 0 Å². The lowest BCUT2D eigenvalue weighted by Crippen LogP contribution is -2.20. The van der Waals surface area contributed by atoms with E-state index in [9.17, 15) is 4.79 Å². The first-order chi connectivity index (χ1) is 14.2. The van der Waals surface area contributed by atoms with Gasteiger partial charge in [-0.25, -0.2) is 0 Å². The lowest BCUT2D eigenvalue weighted by molar-refractivity contribution is 0.415. The largest absolute Gasteiger partial charge is 0.497 e. The number of nitrogens with zero attached hydrogens (tertiary/aromatic N) is 1. The summed E-state index contributed by atoms with van der Waals surface area (Å²) in [4.78, 5) is 16.9. The van der Waals surface area contributed by atoms with Crippen molar-refractivity contribution < 1.29 is 4.74 Å². The van der Waals surface area contributed by atoms with E-state index in [0.717, 1.165) is 44.2 Å². The normalized spacial score (nSPS) is 11.2. The monoisotopic (exact) mass is 380 g/mol. The first kappa shape index (κ1) is 17.3. The number of rotatable bonds is 3. The van der Waals surface area contributed by atoms with E-state index in [2.05, 4.69) is 23.2 Å². The third-order valence-electron chi connectivity index (χ3n) is 5.52. The van der Waals surface area contributed by atoms with Crippen LogP contribution in [-0.2, 0) is 7.05 Å². The van der Waals surface area contributed by atoms with Crippen molar-refractivity contribution in [2.45, 2.75) is 0 Å². The van der Waals surface area contributed by atoms with Gasteiger partial charge in [0.25, 0.3) is 5.56 Å². The molecule has 0 atom stereocenters. The molecule has 5 aromatic rings. The standard InChI is InChI=1S/C25H20N2O2/c1-27-22-11-7-6-10-18(22)23(16-8-4-3-5-9-16)24(25(27)28)20-15-26-21-13-12-17(29-2)14-19(20)21/h3-15,26H,1-2H3. The first-order valence-corrected chi connectivity index (χ1v) is 9.51. The molecule has 142 valence electrons. The summed E-state index contributed by atoms with van der Waals surface area (Å²) in [5, 5.41) is 2.02. The molecule has 0 aliphatic heterocycles. The Hall–Kier alpha value is -3.79. The Morgan fingerprint density at radius 3 is 2.41 bits per heavy atom. The number of pyridine rings is 1. The van der Waals surface area contributed by atoms with Crippen LogP contribution in [0.4, 0.5) is 0 Å². The molecule has 0 saturated heterocycles. The predicted molar refractivity (Wildman–Crippen MR) is 118 cm³/mol. The van der Waals surface area contributed by atoms with Crippen molar-refractivity contribution in [3.05, 3.63) is 89.3 Å². The highest BCUT2D eigenvalue weighted by atomic mass is 16.5. The highest BCUT2D eigenvalue weighted by Crippen LogP contribution is 2.39. The van der Waals surface area contributed by atoms with Gasteiger partial charge in [-0.05, 0) is 29.8 Å². The fourth-order valence-electron chi connectivity index (χ4n) is 4.08. The van der Waals surface area contributed by atoms with Crippen LogP contribution in [0.25, 0.3) is 44.1 Å². The third-order valence-corrected chi connectivity index (χ3v) is 5.52. The van der Waals surface area contributed by atoms with Crippen LogP contribution in [0.2, 0.25) is 0 Å². The molecular weight excluding hydrogens is 360 g/mol. The summed E-state index contributed by atoms with van der Waals surface area (Å²) in [5.74, 6) is 0.761. The average Bonchev–Trinajstić information content (AvgIpc) is 3.19. The number of aromatic amines is 1. The number of hydrogen-bond acceptors (Lipinski definition) is 2. The van der Waals surface area contributed by atoms with Crippen molar-refractivity contribution in [1.29, 1.82) is 0 Å². The number of H-pyrrole nitrogens is 1. The SMILES string of the molecule is COc1ccc2[nH]cc(-c3c(-c4ccccc4)c4ccccc4n(C)c3=O)c2c1. The molecule has 0 unspecified atom stereocenters. The summed E-state index contributed by atoms with van der Waals surface area (Å²) in [6.07, 6.45) is 1.92. The Kier molecular flexibility index (Phi) is 3.98. The van der Waals surface area contributed by atoms with E-state index in [1.165, 1.54) is 0 Å². The van der Waals surface area contributed by atoms with Crippen molar-refractivity contribution in [3.8, 4) is 28.0 Å². The van der Waals surface area contributed by atoms with Crippen molar-refractivity contribution in [2.75, 3.05) is 7.11 Å². The second-order valence-electron chi connectivity index (χ2n) is 7.11. The molecular formula is C25H20N2O2. The summed E-state index contributed by atoms with van der Waals surface area (Å²) < 4.78 is 7.16. The second-order valence-corrected chi connectivity index (χ2v) is 7.11. The van der Waals surface area contributed by atoms with Crippen LogP contribution in [0.3, 0.4) is 0 Å². The number of aromatic nitrogens is 2. The molecule has 2 heterocycles. The van der Waals surface area contributed by atoms with Crippen molar-refractivity contribution >= 4 is 21.8 Å². The fourth-order valence-corrected chi connectivity index (χ4v) is 4.08.